The normalized spacial score (nSPS) is 19.2. The Morgan fingerprint density at radius 1 is 1.07 bits per heavy atom. The first kappa shape index (κ1) is 21.1. The van der Waals surface area contributed by atoms with Crippen LogP contribution in [-0.2, 0) is 14.8 Å². The lowest BCUT2D eigenvalue weighted by molar-refractivity contribution is -0.126. The van der Waals surface area contributed by atoms with Crippen LogP contribution in [0.4, 0.5) is 0 Å². The molecule has 0 spiro atoms. The molecule has 1 aliphatic rings. The predicted molar refractivity (Wildman–Crippen MR) is 111 cm³/mol. The zero-order chi connectivity index (χ0) is 20.3. The van der Waals surface area contributed by atoms with Crippen LogP contribution in [0.2, 0.25) is 10.0 Å². The molecule has 8 heteroatoms. The van der Waals surface area contributed by atoms with Gasteiger partial charge in [-0.25, -0.2) is 8.42 Å². The molecule has 1 fully saturated rings. The van der Waals surface area contributed by atoms with E-state index in [-0.39, 0.29) is 29.3 Å². The zero-order valence-electron chi connectivity index (χ0n) is 15.4. The summed E-state index contributed by atoms with van der Waals surface area (Å²) in [6.45, 7) is 2.47. The van der Waals surface area contributed by atoms with Crippen molar-refractivity contribution in [3.63, 3.8) is 0 Å². The number of sulfonamides is 1. The fraction of sp³-hybridized carbons (Fsp3) is 0.350. The molecule has 28 heavy (non-hydrogen) atoms. The Labute approximate surface area is 175 Å². The zero-order valence-corrected chi connectivity index (χ0v) is 17.8. The summed E-state index contributed by atoms with van der Waals surface area (Å²) in [4.78, 5) is 12.9. The van der Waals surface area contributed by atoms with Gasteiger partial charge in [0, 0.05) is 23.1 Å². The summed E-state index contributed by atoms with van der Waals surface area (Å²) in [5, 5.41) is 4.10. The third kappa shape index (κ3) is 4.87. The first-order valence-electron chi connectivity index (χ1n) is 9.09. The molecule has 2 aromatic rings. The van der Waals surface area contributed by atoms with E-state index in [1.807, 2.05) is 19.1 Å². The Balaban J connectivity index is 1.67. The van der Waals surface area contributed by atoms with E-state index in [2.05, 4.69) is 5.32 Å². The van der Waals surface area contributed by atoms with Gasteiger partial charge in [-0.1, -0.05) is 35.3 Å². The Morgan fingerprint density at radius 2 is 1.64 bits per heavy atom. The van der Waals surface area contributed by atoms with Crippen molar-refractivity contribution in [2.75, 3.05) is 13.1 Å². The van der Waals surface area contributed by atoms with Gasteiger partial charge in [-0.15, -0.1) is 0 Å². The second kappa shape index (κ2) is 8.82. The van der Waals surface area contributed by atoms with Crippen LogP contribution >= 0.6 is 23.2 Å². The minimum absolute atomic E-state index is 0.140. The second-order valence-corrected chi connectivity index (χ2v) is 9.75. The molecule has 1 aliphatic heterocycles. The smallest absolute Gasteiger partial charge is 0.243 e. The van der Waals surface area contributed by atoms with Gasteiger partial charge >= 0.3 is 0 Å². The van der Waals surface area contributed by atoms with Gasteiger partial charge in [-0.05, 0) is 61.7 Å². The van der Waals surface area contributed by atoms with Crippen molar-refractivity contribution in [1.29, 1.82) is 0 Å². The van der Waals surface area contributed by atoms with Crippen molar-refractivity contribution in [3.8, 4) is 0 Å². The number of hydrogen-bond acceptors (Lipinski definition) is 3. The number of piperidine rings is 1. The number of nitrogens with one attached hydrogen (secondary N) is 1. The van der Waals surface area contributed by atoms with Gasteiger partial charge < -0.3 is 5.32 Å². The maximum atomic E-state index is 12.9. The van der Waals surface area contributed by atoms with Crippen molar-refractivity contribution in [1.82, 2.24) is 9.62 Å². The molecule has 1 heterocycles. The molecule has 2 aromatic carbocycles. The Kier molecular flexibility index (Phi) is 6.65. The Hall–Kier alpha value is -1.60. The van der Waals surface area contributed by atoms with E-state index >= 15 is 0 Å². The van der Waals surface area contributed by atoms with Crippen LogP contribution in [0.5, 0.6) is 0 Å². The van der Waals surface area contributed by atoms with Crippen LogP contribution in [0.3, 0.4) is 0 Å². The van der Waals surface area contributed by atoms with Crippen molar-refractivity contribution in [3.05, 3.63) is 64.1 Å². The molecule has 2 atom stereocenters. The second-order valence-electron chi connectivity index (χ2n) is 6.94. The molecule has 1 N–H and O–H groups in total. The molecule has 3 rings (SSSR count). The van der Waals surface area contributed by atoms with Gasteiger partial charge in [0.25, 0.3) is 0 Å². The van der Waals surface area contributed by atoms with Gasteiger partial charge in [0.15, 0.2) is 0 Å². The number of amides is 1. The maximum Gasteiger partial charge on any atom is 0.243 e. The highest BCUT2D eigenvalue weighted by atomic mass is 35.5. The quantitative estimate of drug-likeness (QED) is 0.754. The minimum atomic E-state index is -3.65. The Morgan fingerprint density at radius 3 is 2.25 bits per heavy atom. The van der Waals surface area contributed by atoms with Crippen LogP contribution in [0, 0.1) is 5.92 Å². The summed E-state index contributed by atoms with van der Waals surface area (Å²) in [6.07, 6.45) is 1.30. The van der Waals surface area contributed by atoms with E-state index in [9.17, 15) is 13.2 Å². The summed E-state index contributed by atoms with van der Waals surface area (Å²) in [5.74, 6) is -0.524. The number of hydrogen-bond donors (Lipinski definition) is 1. The van der Waals surface area contributed by atoms with Gasteiger partial charge in [-0.3, -0.25) is 4.79 Å². The molecule has 0 bridgehead atoms. The van der Waals surface area contributed by atoms with Crippen LogP contribution in [0.1, 0.15) is 31.4 Å². The minimum Gasteiger partial charge on any atom is -0.349 e. The first-order valence-corrected chi connectivity index (χ1v) is 11.3. The Bertz CT molecular complexity index is 931. The molecule has 0 aliphatic carbocycles. The average Bonchev–Trinajstić information content (AvgIpc) is 2.69. The lowest BCUT2D eigenvalue weighted by Crippen LogP contribution is -2.45. The van der Waals surface area contributed by atoms with Gasteiger partial charge in [0.05, 0.1) is 16.9 Å². The average molecular weight is 441 g/mol. The molecule has 150 valence electrons. The number of nitrogens with zero attached hydrogens (tertiary/aromatic N) is 1. The van der Waals surface area contributed by atoms with Crippen LogP contribution in [0.15, 0.2) is 53.4 Å². The van der Waals surface area contributed by atoms with E-state index < -0.39 is 10.0 Å². The molecule has 1 amide bonds. The summed E-state index contributed by atoms with van der Waals surface area (Å²) in [5.41, 5.74) is 0.944. The van der Waals surface area contributed by atoms with Gasteiger partial charge in [0.1, 0.15) is 0 Å². The van der Waals surface area contributed by atoms with E-state index in [1.54, 1.807) is 24.3 Å². The highest BCUT2D eigenvalue weighted by Crippen LogP contribution is 2.25. The standard InChI is InChI=1S/C20H22Cl2N2O3S/c1-14(15-4-6-17(21)7-5-15)23-20(25)16-3-2-12-24(13-16)28(26,27)19-10-8-18(22)9-11-19/h4-11,14,16H,2-3,12-13H2,1H3,(H,23,25)/t14-,16+/m1/s1. The summed E-state index contributed by atoms with van der Waals surface area (Å²) in [6, 6.07) is 13.2. The summed E-state index contributed by atoms with van der Waals surface area (Å²) >= 11 is 11.8. The highest BCUT2D eigenvalue weighted by Gasteiger charge is 2.33. The van der Waals surface area contributed by atoms with Gasteiger partial charge in [-0.2, -0.15) is 4.31 Å². The molecule has 1 saturated heterocycles. The van der Waals surface area contributed by atoms with E-state index in [0.717, 1.165) is 5.56 Å². The monoisotopic (exact) mass is 440 g/mol. The largest absolute Gasteiger partial charge is 0.349 e. The summed E-state index contributed by atoms with van der Waals surface area (Å²) < 4.78 is 27.1. The number of rotatable bonds is 5. The predicted octanol–water partition coefficient (Wildman–Crippen LogP) is 4.27. The number of benzene rings is 2. The van der Waals surface area contributed by atoms with Crippen molar-refractivity contribution in [2.24, 2.45) is 5.92 Å². The lowest BCUT2D eigenvalue weighted by atomic mass is 9.98. The lowest BCUT2D eigenvalue weighted by Gasteiger charge is -2.32. The molecule has 0 radical (unpaired) electrons. The van der Waals surface area contributed by atoms with E-state index in [1.165, 1.54) is 16.4 Å². The van der Waals surface area contributed by atoms with Crippen LogP contribution < -0.4 is 5.32 Å². The third-order valence-corrected chi connectivity index (χ3v) is 7.32. The van der Waals surface area contributed by atoms with Crippen LogP contribution in [0.25, 0.3) is 0 Å². The summed E-state index contributed by atoms with van der Waals surface area (Å²) in [7, 11) is -3.65. The number of carbonyl (C=O) groups excluding carboxylic acids is 1. The van der Waals surface area contributed by atoms with Crippen LogP contribution in [-0.4, -0.2) is 31.7 Å². The SMILES string of the molecule is C[C@@H](NC(=O)[C@H]1CCCN(S(=O)(=O)c2ccc(Cl)cc2)C1)c1ccc(Cl)cc1. The number of halogens is 2. The van der Waals surface area contributed by atoms with E-state index in [0.29, 0.717) is 29.4 Å². The topological polar surface area (TPSA) is 66.5 Å². The van der Waals surface area contributed by atoms with Crippen molar-refractivity contribution >= 4 is 39.1 Å². The number of carbonyl (C=O) groups is 1. The first-order chi connectivity index (χ1) is 13.3. The molecule has 5 nitrogen and oxygen atoms in total. The molecule has 0 saturated carbocycles. The molecular weight excluding hydrogens is 419 g/mol. The fourth-order valence-corrected chi connectivity index (χ4v) is 5.07. The molecular formula is C20H22Cl2N2O3S. The van der Waals surface area contributed by atoms with Gasteiger partial charge in [0.2, 0.25) is 15.9 Å². The van der Waals surface area contributed by atoms with Crippen molar-refractivity contribution in [2.45, 2.75) is 30.7 Å². The fourth-order valence-electron chi connectivity index (χ4n) is 3.30. The third-order valence-electron chi connectivity index (χ3n) is 4.94. The van der Waals surface area contributed by atoms with Crippen molar-refractivity contribution < 1.29 is 13.2 Å². The van der Waals surface area contributed by atoms with E-state index in [4.69, 9.17) is 23.2 Å². The highest BCUT2D eigenvalue weighted by molar-refractivity contribution is 7.89. The maximum absolute atomic E-state index is 12.9. The molecule has 0 aromatic heterocycles. The molecule has 0 unspecified atom stereocenters.